The van der Waals surface area contributed by atoms with Crippen molar-refractivity contribution in [1.82, 2.24) is 5.01 Å². The number of hydrazone groups is 1. The first-order chi connectivity index (χ1) is 18.9. The number of hydrogen-bond acceptors (Lipinski definition) is 9. The molecule has 0 spiro atoms. The van der Waals surface area contributed by atoms with Crippen molar-refractivity contribution in [2.75, 3.05) is 27.4 Å². The maximum atomic E-state index is 12.9. The molecule has 0 fully saturated rings. The standard InChI is InChI=1S/C28H26N4O5S2/c1-17-6-8-19(9-7-17)36-10-11-37-25-22(34-2)14-18(15-23(25)35-3)13-21-26(29)32-28(30-27(21)33)39-24(31-32)16-20-5-4-12-38-20/h4-9,12-15,29H,10-11,16H2,1-3H3/b21-13-,29-26?. The van der Waals surface area contributed by atoms with Gasteiger partial charge in [0.05, 0.1) is 19.8 Å². The van der Waals surface area contributed by atoms with Gasteiger partial charge in [-0.2, -0.15) is 15.1 Å². The Morgan fingerprint density at radius 2 is 1.74 bits per heavy atom. The molecule has 11 heteroatoms. The van der Waals surface area contributed by atoms with Crippen LogP contribution < -0.4 is 18.9 Å². The van der Waals surface area contributed by atoms with Crippen LogP contribution in [0.5, 0.6) is 23.0 Å². The molecule has 3 aromatic rings. The highest BCUT2D eigenvalue weighted by Crippen LogP contribution is 2.39. The van der Waals surface area contributed by atoms with Crippen molar-refractivity contribution in [2.24, 2.45) is 10.1 Å². The Labute approximate surface area is 234 Å². The Morgan fingerprint density at radius 1 is 1.03 bits per heavy atom. The molecule has 2 aliphatic rings. The third-order valence-electron chi connectivity index (χ3n) is 5.82. The van der Waals surface area contributed by atoms with Crippen molar-refractivity contribution >= 4 is 51.1 Å². The summed E-state index contributed by atoms with van der Waals surface area (Å²) in [6.07, 6.45) is 2.21. The number of hydrogen-bond donors (Lipinski definition) is 1. The maximum Gasteiger partial charge on any atom is 0.283 e. The van der Waals surface area contributed by atoms with Crippen LogP contribution in [0.15, 0.2) is 69.6 Å². The maximum absolute atomic E-state index is 12.9. The van der Waals surface area contributed by atoms with Crippen molar-refractivity contribution in [1.29, 1.82) is 5.41 Å². The van der Waals surface area contributed by atoms with Crippen molar-refractivity contribution < 1.29 is 23.7 Å². The van der Waals surface area contributed by atoms with E-state index in [9.17, 15) is 4.79 Å². The van der Waals surface area contributed by atoms with Gasteiger partial charge in [-0.05, 0) is 66.0 Å². The SMILES string of the molecule is COc1cc(/C=C2/C(=N)N3N=C(Cc4cccs4)SC3=NC2=O)cc(OC)c1OCCOc1ccc(C)cc1. The Balaban J connectivity index is 1.32. The summed E-state index contributed by atoms with van der Waals surface area (Å²) >= 11 is 2.94. The highest BCUT2D eigenvalue weighted by atomic mass is 32.2. The minimum Gasteiger partial charge on any atom is -0.493 e. The predicted octanol–water partition coefficient (Wildman–Crippen LogP) is 5.39. The van der Waals surface area contributed by atoms with Gasteiger partial charge in [-0.25, -0.2) is 0 Å². The smallest absolute Gasteiger partial charge is 0.283 e. The molecule has 9 nitrogen and oxygen atoms in total. The number of amidine groups is 2. The number of nitrogens with zero attached hydrogens (tertiary/aromatic N) is 3. The van der Waals surface area contributed by atoms with E-state index in [1.54, 1.807) is 29.5 Å². The van der Waals surface area contributed by atoms with Crippen molar-refractivity contribution in [3.05, 3.63) is 75.5 Å². The lowest BCUT2D eigenvalue weighted by Crippen LogP contribution is -2.35. The Hall–Kier alpha value is -4.09. The molecule has 0 saturated heterocycles. The van der Waals surface area contributed by atoms with E-state index in [0.717, 1.165) is 21.2 Å². The van der Waals surface area contributed by atoms with E-state index < -0.39 is 5.91 Å². The number of rotatable bonds is 10. The topological polar surface area (TPSA) is 106 Å². The number of aryl methyl sites for hydroxylation is 1. The summed E-state index contributed by atoms with van der Waals surface area (Å²) in [7, 11) is 3.05. The molecule has 39 heavy (non-hydrogen) atoms. The largest absolute Gasteiger partial charge is 0.493 e. The molecular weight excluding hydrogens is 536 g/mol. The number of methoxy groups -OCH3 is 2. The summed E-state index contributed by atoms with van der Waals surface area (Å²) in [6, 6.07) is 15.2. The third-order valence-corrected chi connectivity index (χ3v) is 7.60. The summed E-state index contributed by atoms with van der Waals surface area (Å²) < 4.78 is 22.8. The first kappa shape index (κ1) is 26.5. The van der Waals surface area contributed by atoms with Gasteiger partial charge in [0.1, 0.15) is 24.0 Å². The molecule has 0 saturated carbocycles. The number of benzene rings is 2. The second-order valence-electron chi connectivity index (χ2n) is 8.53. The minimum atomic E-state index is -0.502. The number of thiophene rings is 1. The number of fused-ring (bicyclic) bond motifs is 1. The number of thioether (sulfide) groups is 1. The fourth-order valence-corrected chi connectivity index (χ4v) is 5.60. The molecule has 1 amide bonds. The van der Waals surface area contributed by atoms with Gasteiger partial charge in [0.15, 0.2) is 17.3 Å². The zero-order valence-electron chi connectivity index (χ0n) is 21.6. The van der Waals surface area contributed by atoms with Crippen LogP contribution in [0.3, 0.4) is 0 Å². The van der Waals surface area contributed by atoms with E-state index in [1.165, 1.54) is 31.0 Å². The van der Waals surface area contributed by atoms with Gasteiger partial charge < -0.3 is 18.9 Å². The number of amides is 1. The van der Waals surface area contributed by atoms with E-state index >= 15 is 0 Å². The first-order valence-electron chi connectivity index (χ1n) is 12.0. The lowest BCUT2D eigenvalue weighted by Gasteiger charge is -2.20. The second kappa shape index (κ2) is 11.7. The molecule has 0 bridgehead atoms. The predicted molar refractivity (Wildman–Crippen MR) is 155 cm³/mol. The molecular formula is C28H26N4O5S2. The van der Waals surface area contributed by atoms with Crippen molar-refractivity contribution in [3.8, 4) is 23.0 Å². The van der Waals surface area contributed by atoms with E-state index in [4.69, 9.17) is 24.4 Å². The van der Waals surface area contributed by atoms with Crippen molar-refractivity contribution in [3.63, 3.8) is 0 Å². The molecule has 1 aromatic heterocycles. The highest BCUT2D eigenvalue weighted by Gasteiger charge is 2.35. The molecule has 0 unspecified atom stereocenters. The molecule has 0 aliphatic carbocycles. The third kappa shape index (κ3) is 5.99. The fraction of sp³-hybridized carbons (Fsp3) is 0.214. The number of ether oxygens (including phenoxy) is 4. The Morgan fingerprint density at radius 3 is 2.41 bits per heavy atom. The van der Waals surface area contributed by atoms with E-state index in [-0.39, 0.29) is 18.0 Å². The number of aliphatic imine (C=N–C) groups is 1. The monoisotopic (exact) mass is 562 g/mol. The molecule has 5 rings (SSSR count). The average Bonchev–Trinajstić information content (AvgIpc) is 3.60. The summed E-state index contributed by atoms with van der Waals surface area (Å²) in [4.78, 5) is 18.2. The summed E-state index contributed by atoms with van der Waals surface area (Å²) in [5.74, 6) is 1.48. The first-order valence-corrected chi connectivity index (χ1v) is 13.7. The number of nitrogens with one attached hydrogen (secondary N) is 1. The van der Waals surface area contributed by atoms with Crippen LogP contribution in [0.25, 0.3) is 6.08 Å². The molecule has 2 aromatic carbocycles. The van der Waals surface area contributed by atoms with Gasteiger partial charge in [-0.3, -0.25) is 10.2 Å². The summed E-state index contributed by atoms with van der Waals surface area (Å²) in [6.45, 7) is 2.61. The van der Waals surface area contributed by atoms with E-state index in [2.05, 4.69) is 10.1 Å². The van der Waals surface area contributed by atoms with Crippen LogP contribution in [0.4, 0.5) is 0 Å². The molecule has 1 N–H and O–H groups in total. The van der Waals surface area contributed by atoms with Crippen LogP contribution in [-0.2, 0) is 11.2 Å². The van der Waals surface area contributed by atoms with Crippen LogP contribution in [-0.4, -0.2) is 54.4 Å². The van der Waals surface area contributed by atoms with Crippen LogP contribution in [0, 0.1) is 12.3 Å². The van der Waals surface area contributed by atoms with Crippen LogP contribution in [0.2, 0.25) is 0 Å². The lowest BCUT2D eigenvalue weighted by atomic mass is 10.1. The highest BCUT2D eigenvalue weighted by molar-refractivity contribution is 8.27. The normalized spacial score (nSPS) is 15.7. The quantitative estimate of drug-likeness (QED) is 0.261. The van der Waals surface area contributed by atoms with Gasteiger partial charge in [-0.15, -0.1) is 11.3 Å². The second-order valence-corrected chi connectivity index (χ2v) is 10.6. The fourth-order valence-electron chi connectivity index (χ4n) is 3.90. The van der Waals surface area contributed by atoms with Gasteiger partial charge in [0, 0.05) is 11.3 Å². The average molecular weight is 563 g/mol. The van der Waals surface area contributed by atoms with E-state index in [1.807, 2.05) is 48.7 Å². The summed E-state index contributed by atoms with van der Waals surface area (Å²) in [5.41, 5.74) is 1.87. The van der Waals surface area contributed by atoms with Crippen LogP contribution >= 0.6 is 23.1 Å². The Bertz CT molecular complexity index is 1460. The van der Waals surface area contributed by atoms with Gasteiger partial charge in [0.2, 0.25) is 10.9 Å². The molecule has 0 atom stereocenters. The summed E-state index contributed by atoms with van der Waals surface area (Å²) in [5, 5.41) is 17.8. The molecule has 3 heterocycles. The van der Waals surface area contributed by atoms with Gasteiger partial charge in [0.25, 0.3) is 5.91 Å². The van der Waals surface area contributed by atoms with Crippen LogP contribution in [0.1, 0.15) is 16.0 Å². The lowest BCUT2D eigenvalue weighted by molar-refractivity contribution is -0.114. The minimum absolute atomic E-state index is 0.0369. The Kier molecular flexibility index (Phi) is 7.99. The number of carbonyl (C=O) groups excluding carboxylic acids is 1. The molecule has 2 aliphatic heterocycles. The van der Waals surface area contributed by atoms with Gasteiger partial charge in [-0.1, -0.05) is 23.8 Å². The van der Waals surface area contributed by atoms with Crippen molar-refractivity contribution in [2.45, 2.75) is 13.3 Å². The molecule has 200 valence electrons. The van der Waals surface area contributed by atoms with Gasteiger partial charge >= 0.3 is 0 Å². The zero-order chi connectivity index (χ0) is 27.4. The number of carbonyl (C=O) groups is 1. The zero-order valence-corrected chi connectivity index (χ0v) is 23.2. The molecule has 0 radical (unpaired) electrons. The van der Waals surface area contributed by atoms with E-state index in [0.29, 0.717) is 41.0 Å².